The molecule has 0 saturated carbocycles. The third kappa shape index (κ3) is 3.02. The fourth-order valence-electron chi connectivity index (χ4n) is 1.62. The van der Waals surface area contributed by atoms with Crippen LogP contribution in [-0.2, 0) is 0 Å². The molecule has 0 bridgehead atoms. The predicted molar refractivity (Wildman–Crippen MR) is 79.1 cm³/mol. The summed E-state index contributed by atoms with van der Waals surface area (Å²) in [6, 6.07) is 3.96. The van der Waals surface area contributed by atoms with Crippen molar-refractivity contribution in [2.45, 2.75) is 52.8 Å². The minimum atomic E-state index is -1.90. The van der Waals surface area contributed by atoms with Crippen molar-refractivity contribution in [2.75, 3.05) is 0 Å². The van der Waals surface area contributed by atoms with Gasteiger partial charge in [-0.15, -0.1) is 0 Å². The van der Waals surface area contributed by atoms with E-state index in [4.69, 9.17) is 4.43 Å². The fourth-order valence-corrected chi connectivity index (χ4v) is 2.72. The molecular formula is C15H24O2Si. The number of carbonyl (C=O) groups is 1. The second-order valence-electron chi connectivity index (χ2n) is 6.48. The highest BCUT2D eigenvalue weighted by molar-refractivity contribution is 6.74. The molecule has 0 N–H and O–H groups in total. The molecule has 0 aliphatic carbocycles. The number of rotatable bonds is 3. The highest BCUT2D eigenvalue weighted by Gasteiger charge is 2.39. The molecule has 0 spiro atoms. The SMILES string of the molecule is Cc1cc(C)c(O[Si](C)(C)C(C)(C)C)c(C=O)c1. The number of hydrogen-bond acceptors (Lipinski definition) is 2. The van der Waals surface area contributed by atoms with Gasteiger partial charge in [-0.05, 0) is 49.2 Å². The maximum atomic E-state index is 11.2. The first-order chi connectivity index (χ1) is 8.08. The minimum Gasteiger partial charge on any atom is -0.543 e. The largest absolute Gasteiger partial charge is 0.543 e. The van der Waals surface area contributed by atoms with Crippen LogP contribution in [-0.4, -0.2) is 14.6 Å². The summed E-state index contributed by atoms with van der Waals surface area (Å²) in [5, 5.41) is 0.129. The number of aldehydes is 1. The maximum absolute atomic E-state index is 11.2. The molecule has 0 radical (unpaired) electrons. The van der Waals surface area contributed by atoms with Gasteiger partial charge in [0.25, 0.3) is 8.32 Å². The van der Waals surface area contributed by atoms with Gasteiger partial charge < -0.3 is 4.43 Å². The van der Waals surface area contributed by atoms with Crippen LogP contribution < -0.4 is 4.43 Å². The molecule has 0 aliphatic heterocycles. The molecule has 1 rings (SSSR count). The van der Waals surface area contributed by atoms with Gasteiger partial charge in [-0.2, -0.15) is 0 Å². The Morgan fingerprint density at radius 3 is 2.17 bits per heavy atom. The van der Waals surface area contributed by atoms with Crippen LogP contribution in [0.4, 0.5) is 0 Å². The van der Waals surface area contributed by atoms with E-state index in [1.807, 2.05) is 19.9 Å². The van der Waals surface area contributed by atoms with E-state index < -0.39 is 8.32 Å². The summed E-state index contributed by atoms with van der Waals surface area (Å²) in [6.45, 7) is 15.0. The Bertz CT molecular complexity index is 456. The zero-order valence-electron chi connectivity index (χ0n) is 12.5. The van der Waals surface area contributed by atoms with Crippen LogP contribution in [0.25, 0.3) is 0 Å². The Balaban J connectivity index is 3.23. The molecule has 0 heterocycles. The average molecular weight is 264 g/mol. The van der Waals surface area contributed by atoms with Gasteiger partial charge in [-0.25, -0.2) is 0 Å². The molecule has 0 saturated heterocycles. The zero-order chi connectivity index (χ0) is 14.1. The van der Waals surface area contributed by atoms with Crippen molar-refractivity contribution < 1.29 is 9.22 Å². The van der Waals surface area contributed by atoms with E-state index in [1.54, 1.807) is 0 Å². The van der Waals surface area contributed by atoms with Crippen LogP contribution in [0.1, 0.15) is 42.3 Å². The van der Waals surface area contributed by atoms with Gasteiger partial charge in [-0.3, -0.25) is 4.79 Å². The van der Waals surface area contributed by atoms with Gasteiger partial charge in [0.2, 0.25) is 0 Å². The van der Waals surface area contributed by atoms with Crippen LogP contribution in [0, 0.1) is 13.8 Å². The van der Waals surface area contributed by atoms with E-state index in [9.17, 15) is 4.79 Å². The van der Waals surface area contributed by atoms with Gasteiger partial charge in [0.1, 0.15) is 5.75 Å². The lowest BCUT2D eigenvalue weighted by Crippen LogP contribution is -2.44. The quantitative estimate of drug-likeness (QED) is 0.593. The Morgan fingerprint density at radius 1 is 1.17 bits per heavy atom. The van der Waals surface area contributed by atoms with Gasteiger partial charge in [-0.1, -0.05) is 26.8 Å². The monoisotopic (exact) mass is 264 g/mol. The van der Waals surface area contributed by atoms with Crippen molar-refractivity contribution in [2.24, 2.45) is 0 Å². The molecule has 0 unspecified atom stereocenters. The second-order valence-corrected chi connectivity index (χ2v) is 11.2. The number of aryl methyl sites for hydroxylation is 2. The van der Waals surface area contributed by atoms with E-state index in [-0.39, 0.29) is 5.04 Å². The normalized spacial score (nSPS) is 12.4. The zero-order valence-corrected chi connectivity index (χ0v) is 13.5. The Hall–Kier alpha value is -1.09. The third-order valence-electron chi connectivity index (χ3n) is 3.74. The summed E-state index contributed by atoms with van der Waals surface area (Å²) < 4.78 is 6.28. The Morgan fingerprint density at radius 2 is 1.72 bits per heavy atom. The topological polar surface area (TPSA) is 26.3 Å². The predicted octanol–water partition coefficient (Wildman–Crippen LogP) is 4.50. The first kappa shape index (κ1) is 15.0. The van der Waals surface area contributed by atoms with Gasteiger partial charge in [0, 0.05) is 0 Å². The Kier molecular flexibility index (Phi) is 4.06. The summed E-state index contributed by atoms with van der Waals surface area (Å²) in [5.74, 6) is 0.766. The molecular weight excluding hydrogens is 240 g/mol. The highest BCUT2D eigenvalue weighted by Crippen LogP contribution is 2.39. The molecule has 0 atom stereocenters. The van der Waals surface area contributed by atoms with E-state index >= 15 is 0 Å². The van der Waals surface area contributed by atoms with Crippen LogP contribution in [0.5, 0.6) is 5.75 Å². The van der Waals surface area contributed by atoms with Crippen molar-refractivity contribution in [3.63, 3.8) is 0 Å². The molecule has 0 fully saturated rings. The van der Waals surface area contributed by atoms with E-state index in [0.29, 0.717) is 5.56 Å². The van der Waals surface area contributed by atoms with Crippen molar-refractivity contribution in [1.82, 2.24) is 0 Å². The fraction of sp³-hybridized carbons (Fsp3) is 0.533. The van der Waals surface area contributed by atoms with Crippen molar-refractivity contribution in [3.05, 3.63) is 28.8 Å². The molecule has 0 amide bonds. The van der Waals surface area contributed by atoms with Gasteiger partial charge in [0.05, 0.1) is 5.56 Å². The summed E-state index contributed by atoms with van der Waals surface area (Å²) in [7, 11) is -1.90. The minimum absolute atomic E-state index is 0.129. The molecule has 3 heteroatoms. The summed E-state index contributed by atoms with van der Waals surface area (Å²) in [5.41, 5.74) is 2.80. The van der Waals surface area contributed by atoms with Crippen molar-refractivity contribution in [1.29, 1.82) is 0 Å². The first-order valence-electron chi connectivity index (χ1n) is 6.34. The summed E-state index contributed by atoms with van der Waals surface area (Å²) in [6.07, 6.45) is 0.891. The first-order valence-corrected chi connectivity index (χ1v) is 9.25. The van der Waals surface area contributed by atoms with Crippen LogP contribution in [0.2, 0.25) is 18.1 Å². The smallest absolute Gasteiger partial charge is 0.250 e. The molecule has 0 aromatic heterocycles. The Labute approximate surface area is 111 Å². The van der Waals surface area contributed by atoms with E-state index in [0.717, 1.165) is 23.2 Å². The van der Waals surface area contributed by atoms with Crippen LogP contribution in [0.15, 0.2) is 12.1 Å². The summed E-state index contributed by atoms with van der Waals surface area (Å²) in [4.78, 5) is 11.2. The highest BCUT2D eigenvalue weighted by atomic mass is 28.4. The lowest BCUT2D eigenvalue weighted by Gasteiger charge is -2.37. The van der Waals surface area contributed by atoms with E-state index in [2.05, 4.69) is 39.9 Å². The molecule has 2 nitrogen and oxygen atoms in total. The molecule has 18 heavy (non-hydrogen) atoms. The number of benzene rings is 1. The average Bonchev–Trinajstić information content (AvgIpc) is 2.19. The molecule has 100 valence electrons. The lowest BCUT2D eigenvalue weighted by atomic mass is 10.1. The van der Waals surface area contributed by atoms with Crippen molar-refractivity contribution in [3.8, 4) is 5.75 Å². The van der Waals surface area contributed by atoms with Crippen LogP contribution in [0.3, 0.4) is 0 Å². The summed E-state index contributed by atoms with van der Waals surface area (Å²) >= 11 is 0. The van der Waals surface area contributed by atoms with Crippen molar-refractivity contribution >= 4 is 14.6 Å². The molecule has 1 aromatic rings. The maximum Gasteiger partial charge on any atom is 0.250 e. The number of hydrogen-bond donors (Lipinski definition) is 0. The molecule has 1 aromatic carbocycles. The second kappa shape index (κ2) is 4.88. The number of carbonyl (C=O) groups excluding carboxylic acids is 1. The lowest BCUT2D eigenvalue weighted by molar-refractivity contribution is 0.112. The standard InChI is InChI=1S/C15H24O2Si/c1-11-8-12(2)14(13(9-11)10-16)17-18(6,7)15(3,4)5/h8-10H,1-7H3. The van der Waals surface area contributed by atoms with E-state index in [1.165, 1.54) is 0 Å². The molecule has 0 aliphatic rings. The van der Waals surface area contributed by atoms with Gasteiger partial charge >= 0.3 is 0 Å². The third-order valence-corrected chi connectivity index (χ3v) is 8.06. The van der Waals surface area contributed by atoms with Gasteiger partial charge in [0.15, 0.2) is 6.29 Å². The van der Waals surface area contributed by atoms with Crippen LogP contribution >= 0.6 is 0 Å².